The van der Waals surface area contributed by atoms with Crippen molar-refractivity contribution in [3.8, 4) is 17.2 Å². The van der Waals surface area contributed by atoms with Crippen molar-refractivity contribution >= 4 is 38.3 Å². The van der Waals surface area contributed by atoms with E-state index in [0.717, 1.165) is 22.9 Å². The van der Waals surface area contributed by atoms with Crippen LogP contribution in [0.4, 0.5) is 18.9 Å². The minimum absolute atomic E-state index is 0.228. The zero-order valence-electron chi connectivity index (χ0n) is 24.3. The Bertz CT molecular complexity index is 1840. The monoisotopic (exact) mass is 642 g/mol. The molecule has 5 rings (SSSR count). The number of fused-ring (bicyclic) bond motifs is 2. The average molecular weight is 643 g/mol. The van der Waals surface area contributed by atoms with Gasteiger partial charge in [-0.1, -0.05) is 48.5 Å². The van der Waals surface area contributed by atoms with E-state index in [1.165, 1.54) is 12.1 Å². The summed E-state index contributed by atoms with van der Waals surface area (Å²) < 4.78 is 80.2. The Morgan fingerprint density at radius 2 is 1.44 bits per heavy atom. The highest BCUT2D eigenvalue weighted by atomic mass is 32.2. The van der Waals surface area contributed by atoms with Crippen molar-refractivity contribution in [2.24, 2.45) is 0 Å². The molecule has 0 saturated heterocycles. The fraction of sp³-hybridized carbons (Fsp3) is 0.250. The van der Waals surface area contributed by atoms with E-state index in [9.17, 15) is 31.2 Å². The number of nitrogens with zero attached hydrogens (tertiary/aromatic N) is 1. The fourth-order valence-corrected chi connectivity index (χ4v) is 6.33. The van der Waals surface area contributed by atoms with Crippen LogP contribution in [0.5, 0.6) is 17.2 Å². The molecule has 1 N–H and O–H groups in total. The van der Waals surface area contributed by atoms with E-state index in [4.69, 9.17) is 9.47 Å². The standard InChI is InChI=1S/C32H29F3N2O7S/c1-3-42-29-24-7-5-6-8-25(24)30(43-4-2)28-26(29)18-37(31(28)39)22-13-9-21(10-14-22)19-45(40,41)36-27(38)17-20-11-15-23(16-12-20)44-32(33,34)35/h5-16H,3-4,17-19H2,1-2H3,(H,36,38). The molecule has 13 heteroatoms. The SMILES string of the molecule is CCOc1c2c(c(OCC)c3ccccc13)C(=O)N(c1ccc(CS(=O)(=O)NC(=O)Cc3ccc(OC(F)(F)F)cc3)cc1)C2. The number of ether oxygens (including phenoxy) is 3. The van der Waals surface area contributed by atoms with Gasteiger partial charge in [-0.25, -0.2) is 8.42 Å². The third-order valence-electron chi connectivity index (χ3n) is 6.97. The molecule has 45 heavy (non-hydrogen) atoms. The van der Waals surface area contributed by atoms with Crippen LogP contribution in [0.2, 0.25) is 0 Å². The molecule has 9 nitrogen and oxygen atoms in total. The predicted molar refractivity (Wildman–Crippen MR) is 161 cm³/mol. The topological polar surface area (TPSA) is 111 Å². The molecule has 0 unspecified atom stereocenters. The Morgan fingerprint density at radius 3 is 2.04 bits per heavy atom. The molecule has 0 aromatic heterocycles. The van der Waals surface area contributed by atoms with Gasteiger partial charge in [-0.05, 0) is 49.2 Å². The molecule has 0 fully saturated rings. The molecule has 4 aromatic carbocycles. The summed E-state index contributed by atoms with van der Waals surface area (Å²) in [4.78, 5) is 27.7. The second-order valence-corrected chi connectivity index (χ2v) is 11.9. The second-order valence-electron chi connectivity index (χ2n) is 10.1. The molecule has 0 aliphatic carbocycles. The smallest absolute Gasteiger partial charge is 0.493 e. The summed E-state index contributed by atoms with van der Waals surface area (Å²) in [6, 6.07) is 18.5. The van der Waals surface area contributed by atoms with Crippen LogP contribution in [0.1, 0.15) is 40.9 Å². The summed E-state index contributed by atoms with van der Waals surface area (Å²) in [6.07, 6.45) is -5.22. The van der Waals surface area contributed by atoms with E-state index in [1.54, 1.807) is 29.2 Å². The third-order valence-corrected chi connectivity index (χ3v) is 8.22. The summed E-state index contributed by atoms with van der Waals surface area (Å²) in [6.45, 7) is 4.71. The van der Waals surface area contributed by atoms with Crippen molar-refractivity contribution in [1.82, 2.24) is 4.72 Å². The number of alkyl halides is 3. The van der Waals surface area contributed by atoms with Crippen LogP contribution < -0.4 is 23.8 Å². The number of hydrogen-bond donors (Lipinski definition) is 1. The first-order valence-corrected chi connectivity index (χ1v) is 15.7. The number of hydrogen-bond acceptors (Lipinski definition) is 7. The highest BCUT2D eigenvalue weighted by Gasteiger charge is 2.37. The van der Waals surface area contributed by atoms with E-state index in [0.29, 0.717) is 52.7 Å². The van der Waals surface area contributed by atoms with Crippen LogP contribution >= 0.6 is 0 Å². The first-order chi connectivity index (χ1) is 21.4. The zero-order chi connectivity index (χ0) is 32.4. The number of carbonyl (C=O) groups excluding carboxylic acids is 2. The number of sulfonamides is 1. The summed E-state index contributed by atoms with van der Waals surface area (Å²) in [5.74, 6) is -0.987. The van der Waals surface area contributed by atoms with Crippen molar-refractivity contribution in [3.63, 3.8) is 0 Å². The van der Waals surface area contributed by atoms with Gasteiger partial charge in [0.25, 0.3) is 5.91 Å². The van der Waals surface area contributed by atoms with Gasteiger partial charge in [0, 0.05) is 22.0 Å². The van der Waals surface area contributed by atoms with E-state index in [1.807, 2.05) is 42.8 Å². The molecule has 2 amide bonds. The van der Waals surface area contributed by atoms with Crippen molar-refractivity contribution < 1.29 is 45.4 Å². The first kappa shape index (κ1) is 31.6. The second kappa shape index (κ2) is 12.7. The summed E-state index contributed by atoms with van der Waals surface area (Å²) in [5, 5.41) is 1.61. The molecule has 1 heterocycles. The minimum atomic E-state index is -4.85. The third kappa shape index (κ3) is 7.14. The molecule has 0 bridgehead atoms. The Labute approximate surface area is 257 Å². The highest BCUT2D eigenvalue weighted by molar-refractivity contribution is 7.89. The number of rotatable bonds is 11. The van der Waals surface area contributed by atoms with Crippen LogP contribution in [0, 0.1) is 0 Å². The van der Waals surface area contributed by atoms with Gasteiger partial charge in [-0.15, -0.1) is 13.2 Å². The highest BCUT2D eigenvalue weighted by Crippen LogP contribution is 2.46. The maximum Gasteiger partial charge on any atom is 0.573 e. The maximum absolute atomic E-state index is 13.7. The van der Waals surface area contributed by atoms with Crippen LogP contribution in [0.15, 0.2) is 72.8 Å². The largest absolute Gasteiger partial charge is 0.573 e. The Balaban J connectivity index is 1.29. The number of benzene rings is 4. The quantitative estimate of drug-likeness (QED) is 0.217. The molecule has 4 aromatic rings. The number of carbonyl (C=O) groups is 2. The molecule has 0 saturated carbocycles. The lowest BCUT2D eigenvalue weighted by Crippen LogP contribution is -2.32. The number of amides is 2. The minimum Gasteiger partial charge on any atom is -0.493 e. The van der Waals surface area contributed by atoms with Gasteiger partial charge in [0.2, 0.25) is 15.9 Å². The van der Waals surface area contributed by atoms with Gasteiger partial charge in [-0.3, -0.25) is 14.3 Å². The number of halogens is 3. The van der Waals surface area contributed by atoms with Gasteiger partial charge in [0.05, 0.1) is 37.5 Å². The molecular formula is C32H29F3N2O7S. The first-order valence-electron chi connectivity index (χ1n) is 14.0. The van der Waals surface area contributed by atoms with Gasteiger partial charge in [-0.2, -0.15) is 0 Å². The predicted octanol–water partition coefficient (Wildman–Crippen LogP) is 5.88. The van der Waals surface area contributed by atoms with Crippen LogP contribution in [0.25, 0.3) is 10.8 Å². The van der Waals surface area contributed by atoms with Gasteiger partial charge >= 0.3 is 6.36 Å². The van der Waals surface area contributed by atoms with Crippen LogP contribution in [-0.4, -0.2) is 39.8 Å². The van der Waals surface area contributed by atoms with Crippen LogP contribution in [0.3, 0.4) is 0 Å². The van der Waals surface area contributed by atoms with Crippen molar-refractivity contribution in [3.05, 3.63) is 95.1 Å². The summed E-state index contributed by atoms with van der Waals surface area (Å²) >= 11 is 0. The van der Waals surface area contributed by atoms with E-state index >= 15 is 0 Å². The number of anilines is 1. The van der Waals surface area contributed by atoms with E-state index in [-0.39, 0.29) is 18.9 Å². The van der Waals surface area contributed by atoms with Crippen molar-refractivity contribution in [2.75, 3.05) is 18.1 Å². The lowest BCUT2D eigenvalue weighted by Gasteiger charge is -2.16. The molecule has 0 spiro atoms. The Kier molecular flexibility index (Phi) is 8.91. The van der Waals surface area contributed by atoms with Gasteiger partial charge < -0.3 is 19.1 Å². The molecular weight excluding hydrogens is 613 g/mol. The molecule has 1 aliphatic heterocycles. The summed E-state index contributed by atoms with van der Waals surface area (Å²) in [5.41, 5.74) is 2.34. The normalized spacial score (nSPS) is 13.1. The molecule has 0 radical (unpaired) electrons. The Morgan fingerprint density at radius 1 is 0.867 bits per heavy atom. The van der Waals surface area contributed by atoms with Crippen LogP contribution in [-0.2, 0) is 33.5 Å². The molecule has 1 aliphatic rings. The number of nitrogens with one attached hydrogen (secondary N) is 1. The average Bonchev–Trinajstić information content (AvgIpc) is 3.31. The molecule has 0 atom stereocenters. The summed E-state index contributed by atoms with van der Waals surface area (Å²) in [7, 11) is -4.11. The Hall–Kier alpha value is -4.78. The van der Waals surface area contributed by atoms with Crippen molar-refractivity contribution in [1.29, 1.82) is 0 Å². The fourth-order valence-electron chi connectivity index (χ4n) is 5.21. The van der Waals surface area contributed by atoms with E-state index in [2.05, 4.69) is 4.74 Å². The van der Waals surface area contributed by atoms with Gasteiger partial charge in [0.1, 0.15) is 17.2 Å². The lowest BCUT2D eigenvalue weighted by atomic mass is 9.99. The zero-order valence-corrected chi connectivity index (χ0v) is 25.1. The maximum atomic E-state index is 13.7. The van der Waals surface area contributed by atoms with Gasteiger partial charge in [0.15, 0.2) is 0 Å². The lowest BCUT2D eigenvalue weighted by molar-refractivity contribution is -0.274. The molecule has 236 valence electrons. The van der Waals surface area contributed by atoms with Crippen molar-refractivity contribution in [2.45, 2.75) is 38.9 Å². The van der Waals surface area contributed by atoms with E-state index < -0.39 is 33.8 Å².